The van der Waals surface area contributed by atoms with Gasteiger partial charge in [0.15, 0.2) is 0 Å². The predicted molar refractivity (Wildman–Crippen MR) is 115 cm³/mol. The van der Waals surface area contributed by atoms with Crippen molar-refractivity contribution in [3.05, 3.63) is 71.8 Å². The van der Waals surface area contributed by atoms with Crippen LogP contribution in [0.2, 0.25) is 0 Å². The van der Waals surface area contributed by atoms with Crippen molar-refractivity contribution in [1.29, 1.82) is 0 Å². The number of rotatable bonds is 7. The number of hydrogen-bond donors (Lipinski definition) is 0. The molecular weight excluding hydrogens is 312 g/mol. The molecule has 0 unspecified atom stereocenters. The largest absolute Gasteiger partial charge is 0.0917 e. The average Bonchev–Trinajstić information content (AvgIpc) is 2.70. The van der Waals surface area contributed by atoms with Crippen molar-refractivity contribution in [2.45, 2.75) is 71.1 Å². The average molecular weight is 347 g/mol. The van der Waals surface area contributed by atoms with Gasteiger partial charge in [-0.3, -0.25) is 0 Å². The highest BCUT2D eigenvalue weighted by Gasteiger charge is 2.21. The van der Waals surface area contributed by atoms with Crippen LogP contribution in [0.15, 0.2) is 60.7 Å². The second-order valence-corrected chi connectivity index (χ2v) is 7.93. The Kier molecular flexibility index (Phi) is 7.12. The molecule has 0 bridgehead atoms. The summed E-state index contributed by atoms with van der Waals surface area (Å²) in [7, 11) is 0. The summed E-state index contributed by atoms with van der Waals surface area (Å²) in [5, 5.41) is 0. The van der Waals surface area contributed by atoms with Crippen molar-refractivity contribution >= 4 is 0 Å². The molecule has 0 spiro atoms. The third-order valence-corrected chi connectivity index (χ3v) is 6.03. The lowest BCUT2D eigenvalue weighted by molar-refractivity contribution is 0.312. The number of benzene rings is 2. The molecule has 1 fully saturated rings. The van der Waals surface area contributed by atoms with Gasteiger partial charge in [0.05, 0.1) is 0 Å². The van der Waals surface area contributed by atoms with Gasteiger partial charge in [-0.25, -0.2) is 0 Å². The molecule has 0 atom stereocenters. The van der Waals surface area contributed by atoms with Gasteiger partial charge in [-0.2, -0.15) is 0 Å². The Morgan fingerprint density at radius 1 is 0.846 bits per heavy atom. The van der Waals surface area contributed by atoms with Crippen molar-refractivity contribution in [3.8, 4) is 11.1 Å². The normalized spacial score (nSPS) is 20.5. The maximum absolute atomic E-state index is 2.38. The van der Waals surface area contributed by atoms with Gasteiger partial charge in [0.1, 0.15) is 0 Å². The van der Waals surface area contributed by atoms with Crippen LogP contribution in [-0.4, -0.2) is 0 Å². The Labute approximate surface area is 160 Å². The Hall–Kier alpha value is -1.82. The molecule has 0 heterocycles. The van der Waals surface area contributed by atoms with E-state index in [1.54, 1.807) is 5.56 Å². The van der Waals surface area contributed by atoms with E-state index in [-0.39, 0.29) is 0 Å². The first-order chi connectivity index (χ1) is 12.8. The zero-order chi connectivity index (χ0) is 18.2. The monoisotopic (exact) mass is 346 g/mol. The van der Waals surface area contributed by atoms with Crippen LogP contribution < -0.4 is 0 Å². The molecule has 0 saturated heterocycles. The lowest BCUT2D eigenvalue weighted by Gasteiger charge is -2.28. The summed E-state index contributed by atoms with van der Waals surface area (Å²) in [5.41, 5.74) is 5.67. The van der Waals surface area contributed by atoms with E-state index in [9.17, 15) is 0 Å². The van der Waals surface area contributed by atoms with E-state index in [0.29, 0.717) is 0 Å². The molecular formula is C26H34. The first-order valence-electron chi connectivity index (χ1n) is 10.6. The van der Waals surface area contributed by atoms with Crippen LogP contribution in [0.1, 0.15) is 75.8 Å². The molecule has 1 saturated carbocycles. The van der Waals surface area contributed by atoms with Gasteiger partial charge >= 0.3 is 0 Å². The minimum Gasteiger partial charge on any atom is -0.0917 e. The summed E-state index contributed by atoms with van der Waals surface area (Å²) in [6, 6.07) is 18.5. The van der Waals surface area contributed by atoms with Crippen molar-refractivity contribution in [3.63, 3.8) is 0 Å². The Morgan fingerprint density at radius 3 is 2.04 bits per heavy atom. The van der Waals surface area contributed by atoms with Crippen molar-refractivity contribution in [2.24, 2.45) is 5.92 Å². The molecule has 1 aliphatic rings. The summed E-state index contributed by atoms with van der Waals surface area (Å²) >= 11 is 0. The van der Waals surface area contributed by atoms with Crippen LogP contribution >= 0.6 is 0 Å². The molecule has 1 aliphatic carbocycles. The summed E-state index contributed by atoms with van der Waals surface area (Å²) in [5.74, 6) is 1.72. The fourth-order valence-corrected chi connectivity index (χ4v) is 4.38. The Balaban J connectivity index is 1.56. The first-order valence-corrected chi connectivity index (χ1v) is 10.6. The van der Waals surface area contributed by atoms with E-state index in [2.05, 4.69) is 74.5 Å². The minimum atomic E-state index is 0.772. The second kappa shape index (κ2) is 9.76. The minimum absolute atomic E-state index is 0.772. The van der Waals surface area contributed by atoms with Crippen molar-refractivity contribution < 1.29 is 0 Å². The molecule has 26 heavy (non-hydrogen) atoms. The molecule has 0 aliphatic heterocycles. The molecule has 0 nitrogen and oxygen atoms in total. The Bertz CT molecular complexity index is 667. The van der Waals surface area contributed by atoms with E-state index >= 15 is 0 Å². The molecule has 2 aromatic carbocycles. The fraction of sp³-hybridized carbons (Fsp3) is 0.462. The first kappa shape index (κ1) is 19.0. The third-order valence-electron chi connectivity index (χ3n) is 6.03. The van der Waals surface area contributed by atoms with E-state index in [4.69, 9.17) is 0 Å². The zero-order valence-corrected chi connectivity index (χ0v) is 16.6. The number of aryl methyl sites for hydroxylation is 1. The van der Waals surface area contributed by atoms with Crippen LogP contribution in [0.25, 0.3) is 11.1 Å². The maximum Gasteiger partial charge on any atom is -0.0162 e. The third kappa shape index (κ3) is 5.10. The highest BCUT2D eigenvalue weighted by atomic mass is 14.3. The highest BCUT2D eigenvalue weighted by molar-refractivity contribution is 5.64. The van der Waals surface area contributed by atoms with Gasteiger partial charge in [0.2, 0.25) is 0 Å². The maximum atomic E-state index is 2.38. The molecule has 0 heteroatoms. The smallest absolute Gasteiger partial charge is 0.0162 e. The summed E-state index contributed by atoms with van der Waals surface area (Å²) in [6.07, 6.45) is 15.1. The van der Waals surface area contributed by atoms with Gasteiger partial charge in [-0.05, 0) is 86.0 Å². The molecule has 0 N–H and O–H groups in total. The molecule has 0 aromatic heterocycles. The number of hydrogen-bond acceptors (Lipinski definition) is 0. The van der Waals surface area contributed by atoms with Crippen molar-refractivity contribution in [1.82, 2.24) is 0 Å². The van der Waals surface area contributed by atoms with Gasteiger partial charge in [-0.1, -0.05) is 74.0 Å². The van der Waals surface area contributed by atoms with E-state index < -0.39 is 0 Å². The van der Waals surface area contributed by atoms with E-state index in [0.717, 1.165) is 11.8 Å². The molecule has 138 valence electrons. The van der Waals surface area contributed by atoms with Crippen LogP contribution in [0.4, 0.5) is 0 Å². The van der Waals surface area contributed by atoms with Crippen LogP contribution in [0.5, 0.6) is 0 Å². The zero-order valence-electron chi connectivity index (χ0n) is 16.6. The molecule has 2 aromatic rings. The fourth-order valence-electron chi connectivity index (χ4n) is 4.38. The standard InChI is InChI=1S/C26H34/c1-3-5-6-8-22-11-15-24(16-12-22)26-19-17-25(18-20-26)23-13-9-21(7-4-2)10-14-23/h3,5,9-10,13-14,17-20,22,24H,4,6-8,11-12,15-16H2,1-2H3. The lowest BCUT2D eigenvalue weighted by Crippen LogP contribution is -2.13. The van der Waals surface area contributed by atoms with E-state index in [1.807, 2.05) is 0 Å². The molecule has 0 amide bonds. The van der Waals surface area contributed by atoms with Crippen LogP contribution in [0, 0.1) is 5.92 Å². The van der Waals surface area contributed by atoms with Crippen LogP contribution in [-0.2, 0) is 6.42 Å². The highest BCUT2D eigenvalue weighted by Crippen LogP contribution is 2.38. The predicted octanol–water partition coefficient (Wildman–Crippen LogP) is 7.94. The van der Waals surface area contributed by atoms with Gasteiger partial charge in [0, 0.05) is 0 Å². The SMILES string of the molecule is CC=CCCC1CCC(c2ccc(-c3ccc(CCC)cc3)cc2)CC1. The van der Waals surface area contributed by atoms with E-state index in [1.165, 1.54) is 68.1 Å². The summed E-state index contributed by atoms with van der Waals surface area (Å²) < 4.78 is 0. The topological polar surface area (TPSA) is 0 Å². The second-order valence-electron chi connectivity index (χ2n) is 7.93. The summed E-state index contributed by atoms with van der Waals surface area (Å²) in [6.45, 7) is 4.36. The van der Waals surface area contributed by atoms with Crippen LogP contribution in [0.3, 0.4) is 0 Å². The quantitative estimate of drug-likeness (QED) is 0.446. The number of allylic oxidation sites excluding steroid dienone is 2. The van der Waals surface area contributed by atoms with Gasteiger partial charge in [0.25, 0.3) is 0 Å². The summed E-state index contributed by atoms with van der Waals surface area (Å²) in [4.78, 5) is 0. The van der Waals surface area contributed by atoms with Gasteiger partial charge in [-0.15, -0.1) is 0 Å². The molecule has 0 radical (unpaired) electrons. The van der Waals surface area contributed by atoms with Crippen molar-refractivity contribution in [2.75, 3.05) is 0 Å². The Morgan fingerprint density at radius 2 is 1.46 bits per heavy atom. The van der Waals surface area contributed by atoms with Gasteiger partial charge < -0.3 is 0 Å². The lowest BCUT2D eigenvalue weighted by atomic mass is 9.77. The molecule has 3 rings (SSSR count).